The van der Waals surface area contributed by atoms with E-state index in [1.807, 2.05) is 0 Å². The summed E-state index contributed by atoms with van der Waals surface area (Å²) < 4.78 is 6.14. The van der Waals surface area contributed by atoms with Gasteiger partial charge < -0.3 is 10.1 Å². The molecule has 0 radical (unpaired) electrons. The lowest BCUT2D eigenvalue weighted by molar-refractivity contribution is 0.199. The van der Waals surface area contributed by atoms with Gasteiger partial charge in [-0.05, 0) is 34.5 Å². The molecule has 0 saturated heterocycles. The Morgan fingerprint density at radius 1 is 1.46 bits per heavy atom. The molecule has 1 aromatic rings. The Balaban J connectivity index is 2.06. The quantitative estimate of drug-likeness (QED) is 0.796. The fraction of sp³-hybridized carbons (Fsp3) is 0.556. The summed E-state index contributed by atoms with van der Waals surface area (Å²) >= 11 is 5.24. The maximum absolute atomic E-state index is 4.93. The molecule has 1 N–H and O–H groups in total. The molecule has 0 bridgehead atoms. The molecule has 0 aliphatic carbocycles. The Kier molecular flexibility index (Phi) is 5.62. The summed E-state index contributed by atoms with van der Waals surface area (Å²) in [6.45, 7) is 2.74. The van der Waals surface area contributed by atoms with Crippen LogP contribution in [0.15, 0.2) is 15.9 Å². The summed E-state index contributed by atoms with van der Waals surface area (Å²) in [5.74, 6) is 0. The lowest BCUT2D eigenvalue weighted by Gasteiger charge is -2.01. The maximum Gasteiger partial charge on any atom is 0.0701 e. The summed E-state index contributed by atoms with van der Waals surface area (Å²) in [6.07, 6.45) is 1.10. The van der Waals surface area contributed by atoms with E-state index in [1.54, 1.807) is 18.4 Å². The van der Waals surface area contributed by atoms with Crippen LogP contribution in [0.4, 0.5) is 0 Å². The molecular weight excluding hydrogens is 250 g/mol. The zero-order chi connectivity index (χ0) is 9.52. The van der Waals surface area contributed by atoms with Crippen LogP contribution >= 0.6 is 27.3 Å². The zero-order valence-corrected chi connectivity index (χ0v) is 10.1. The Morgan fingerprint density at radius 2 is 2.31 bits per heavy atom. The SMILES string of the molecule is COCCNCCc1ccc(Br)s1. The maximum atomic E-state index is 4.93. The first kappa shape index (κ1) is 11.2. The fourth-order valence-electron chi connectivity index (χ4n) is 0.997. The molecule has 0 spiro atoms. The van der Waals surface area contributed by atoms with E-state index in [0.29, 0.717) is 0 Å². The van der Waals surface area contributed by atoms with Gasteiger partial charge in [0, 0.05) is 25.1 Å². The van der Waals surface area contributed by atoms with Gasteiger partial charge in [0.2, 0.25) is 0 Å². The van der Waals surface area contributed by atoms with Crippen molar-refractivity contribution in [2.75, 3.05) is 26.8 Å². The number of hydrogen-bond donors (Lipinski definition) is 1. The number of methoxy groups -OCH3 is 1. The van der Waals surface area contributed by atoms with Crippen molar-refractivity contribution in [1.29, 1.82) is 0 Å². The van der Waals surface area contributed by atoms with Crippen molar-refractivity contribution in [2.24, 2.45) is 0 Å². The zero-order valence-electron chi connectivity index (χ0n) is 7.68. The first-order valence-corrected chi connectivity index (χ1v) is 5.87. The molecule has 0 aromatic carbocycles. The van der Waals surface area contributed by atoms with Gasteiger partial charge in [-0.1, -0.05) is 0 Å². The van der Waals surface area contributed by atoms with Gasteiger partial charge in [0.25, 0.3) is 0 Å². The van der Waals surface area contributed by atoms with Crippen LogP contribution in [0.2, 0.25) is 0 Å². The van der Waals surface area contributed by atoms with E-state index in [4.69, 9.17) is 4.74 Å². The molecule has 0 amide bonds. The summed E-state index contributed by atoms with van der Waals surface area (Å²) in [4.78, 5) is 1.41. The van der Waals surface area contributed by atoms with Crippen molar-refractivity contribution in [1.82, 2.24) is 5.32 Å². The Morgan fingerprint density at radius 3 is 2.92 bits per heavy atom. The lowest BCUT2D eigenvalue weighted by Crippen LogP contribution is -2.21. The molecule has 1 rings (SSSR count). The van der Waals surface area contributed by atoms with Gasteiger partial charge in [0.1, 0.15) is 0 Å². The van der Waals surface area contributed by atoms with Crippen LogP contribution in [-0.4, -0.2) is 26.8 Å². The predicted molar refractivity (Wildman–Crippen MR) is 60.5 cm³/mol. The first-order valence-electron chi connectivity index (χ1n) is 4.27. The number of halogens is 1. The second kappa shape index (κ2) is 6.54. The molecule has 1 aromatic heterocycles. The van der Waals surface area contributed by atoms with Gasteiger partial charge >= 0.3 is 0 Å². The third-order valence-electron chi connectivity index (χ3n) is 1.66. The van der Waals surface area contributed by atoms with Gasteiger partial charge in [0.15, 0.2) is 0 Å². The van der Waals surface area contributed by atoms with Crippen molar-refractivity contribution in [2.45, 2.75) is 6.42 Å². The van der Waals surface area contributed by atoms with Crippen LogP contribution in [0.1, 0.15) is 4.88 Å². The van der Waals surface area contributed by atoms with Gasteiger partial charge in [0.05, 0.1) is 10.4 Å². The van der Waals surface area contributed by atoms with E-state index >= 15 is 0 Å². The molecule has 0 aliphatic rings. The molecule has 0 atom stereocenters. The Labute approximate surface area is 91.4 Å². The molecular formula is C9H14BrNOS. The second-order valence-electron chi connectivity index (χ2n) is 2.70. The van der Waals surface area contributed by atoms with Crippen molar-refractivity contribution in [3.63, 3.8) is 0 Å². The molecule has 0 unspecified atom stereocenters. The minimum atomic E-state index is 0.786. The average molecular weight is 264 g/mol. The molecule has 4 heteroatoms. The van der Waals surface area contributed by atoms with Gasteiger partial charge in [-0.25, -0.2) is 0 Å². The summed E-state index contributed by atoms with van der Waals surface area (Å²) in [5.41, 5.74) is 0. The number of hydrogen-bond acceptors (Lipinski definition) is 3. The Bertz CT molecular complexity index is 239. The highest BCUT2D eigenvalue weighted by Crippen LogP contribution is 2.21. The monoisotopic (exact) mass is 263 g/mol. The van der Waals surface area contributed by atoms with Crippen LogP contribution in [0, 0.1) is 0 Å². The van der Waals surface area contributed by atoms with Crippen molar-refractivity contribution >= 4 is 27.3 Å². The van der Waals surface area contributed by atoms with E-state index in [-0.39, 0.29) is 0 Å². The van der Waals surface area contributed by atoms with Gasteiger partial charge in [-0.2, -0.15) is 0 Å². The molecule has 74 valence electrons. The minimum absolute atomic E-state index is 0.786. The topological polar surface area (TPSA) is 21.3 Å². The first-order chi connectivity index (χ1) is 6.33. The highest BCUT2D eigenvalue weighted by molar-refractivity contribution is 9.11. The fourth-order valence-corrected chi connectivity index (χ4v) is 2.48. The summed E-state index contributed by atoms with van der Waals surface area (Å²) in [6, 6.07) is 4.25. The summed E-state index contributed by atoms with van der Waals surface area (Å²) in [5, 5.41) is 3.31. The van der Waals surface area contributed by atoms with Crippen molar-refractivity contribution in [3.05, 3.63) is 20.8 Å². The molecule has 2 nitrogen and oxygen atoms in total. The average Bonchev–Trinajstić information content (AvgIpc) is 2.51. The lowest BCUT2D eigenvalue weighted by atomic mass is 10.3. The smallest absolute Gasteiger partial charge is 0.0701 e. The van der Waals surface area contributed by atoms with Crippen molar-refractivity contribution < 1.29 is 4.74 Å². The Hall–Kier alpha value is 0.1000. The van der Waals surface area contributed by atoms with Crippen LogP contribution in [-0.2, 0) is 11.2 Å². The molecule has 13 heavy (non-hydrogen) atoms. The standard InChI is InChI=1S/C9H14BrNOS/c1-12-7-6-11-5-4-8-2-3-9(10)13-8/h2-3,11H,4-7H2,1H3. The van der Waals surface area contributed by atoms with E-state index in [1.165, 1.54) is 8.66 Å². The van der Waals surface area contributed by atoms with E-state index < -0.39 is 0 Å². The van der Waals surface area contributed by atoms with Crippen LogP contribution in [0.3, 0.4) is 0 Å². The number of nitrogens with one attached hydrogen (secondary N) is 1. The number of thiophene rings is 1. The molecule has 0 aliphatic heterocycles. The normalized spacial score (nSPS) is 10.6. The third-order valence-corrected chi connectivity index (χ3v) is 3.34. The third kappa shape index (κ3) is 4.76. The van der Waals surface area contributed by atoms with Gasteiger partial charge in [-0.15, -0.1) is 11.3 Å². The molecule has 1 heterocycles. The summed E-state index contributed by atoms with van der Waals surface area (Å²) in [7, 11) is 1.72. The highest BCUT2D eigenvalue weighted by Gasteiger charge is 1.96. The van der Waals surface area contributed by atoms with Gasteiger partial charge in [-0.3, -0.25) is 0 Å². The van der Waals surface area contributed by atoms with E-state index in [0.717, 1.165) is 26.1 Å². The van der Waals surface area contributed by atoms with Crippen molar-refractivity contribution in [3.8, 4) is 0 Å². The van der Waals surface area contributed by atoms with Crippen LogP contribution in [0.25, 0.3) is 0 Å². The molecule has 0 saturated carbocycles. The highest BCUT2D eigenvalue weighted by atomic mass is 79.9. The molecule has 0 fully saturated rings. The van der Waals surface area contributed by atoms with E-state index in [9.17, 15) is 0 Å². The van der Waals surface area contributed by atoms with Crippen LogP contribution in [0.5, 0.6) is 0 Å². The number of rotatable bonds is 6. The predicted octanol–water partition coefficient (Wildman–Crippen LogP) is 2.29. The van der Waals surface area contributed by atoms with Crippen LogP contribution < -0.4 is 5.32 Å². The second-order valence-corrected chi connectivity index (χ2v) is 5.25. The minimum Gasteiger partial charge on any atom is -0.383 e. The van der Waals surface area contributed by atoms with E-state index in [2.05, 4.69) is 33.4 Å². The number of ether oxygens (including phenoxy) is 1. The largest absolute Gasteiger partial charge is 0.383 e.